The summed E-state index contributed by atoms with van der Waals surface area (Å²) < 4.78 is 0. The molecule has 3 nitrogen and oxygen atoms in total. The van der Waals surface area contributed by atoms with E-state index in [1.54, 1.807) is 17.0 Å². The average molecular weight is 259 g/mol. The smallest absolute Gasteiger partial charge is 0.318 e. The number of benzene rings is 1. The summed E-state index contributed by atoms with van der Waals surface area (Å²) in [4.78, 5) is 13.3. The summed E-state index contributed by atoms with van der Waals surface area (Å²) in [6.45, 7) is 3.30. The molecule has 1 fully saturated rings. The Balaban J connectivity index is 2.23. The number of hydrogen-bond donors (Lipinski definition) is 1. The van der Waals surface area contributed by atoms with Gasteiger partial charge in [-0.2, -0.15) is 0 Å². The summed E-state index contributed by atoms with van der Waals surface area (Å²) in [7, 11) is 0. The van der Waals surface area contributed by atoms with Crippen LogP contribution in [0.5, 0.6) is 0 Å². The Hall–Kier alpha value is -0.930. The first-order valence-corrected chi connectivity index (χ1v) is 5.87. The Morgan fingerprint density at radius 2 is 2.25 bits per heavy atom. The molecule has 1 N–H and O–H groups in total. The Morgan fingerprint density at radius 3 is 2.81 bits per heavy atom. The van der Waals surface area contributed by atoms with Crippen LogP contribution in [0.2, 0.25) is 10.0 Å². The minimum absolute atomic E-state index is 0.0430. The van der Waals surface area contributed by atoms with Gasteiger partial charge in [-0.3, -0.25) is 0 Å². The Kier molecular flexibility index (Phi) is 3.26. The second kappa shape index (κ2) is 4.52. The van der Waals surface area contributed by atoms with E-state index in [0.29, 0.717) is 23.1 Å². The van der Waals surface area contributed by atoms with Crippen molar-refractivity contribution < 1.29 is 4.79 Å². The zero-order chi connectivity index (χ0) is 11.7. The minimum atomic E-state index is -0.0442. The highest BCUT2D eigenvalue weighted by molar-refractivity contribution is 6.35. The SMILES string of the molecule is CCN1CC(c2ccc(Cl)cc2Cl)NC1=O. The fourth-order valence-electron chi connectivity index (χ4n) is 1.82. The zero-order valence-electron chi connectivity index (χ0n) is 8.84. The van der Waals surface area contributed by atoms with Gasteiger partial charge in [-0.15, -0.1) is 0 Å². The third kappa shape index (κ3) is 2.11. The summed E-state index contributed by atoms with van der Waals surface area (Å²) in [6.07, 6.45) is 0. The van der Waals surface area contributed by atoms with Gasteiger partial charge in [0, 0.05) is 23.1 Å². The van der Waals surface area contributed by atoms with Crippen molar-refractivity contribution in [1.29, 1.82) is 0 Å². The van der Waals surface area contributed by atoms with Gasteiger partial charge < -0.3 is 10.2 Å². The van der Waals surface area contributed by atoms with Crippen LogP contribution in [0.15, 0.2) is 18.2 Å². The number of amides is 2. The summed E-state index contributed by atoms with van der Waals surface area (Å²) in [5.74, 6) is 0. The molecule has 1 aromatic rings. The van der Waals surface area contributed by atoms with Crippen LogP contribution in [0.25, 0.3) is 0 Å². The van der Waals surface area contributed by atoms with Crippen molar-refractivity contribution in [3.05, 3.63) is 33.8 Å². The monoisotopic (exact) mass is 258 g/mol. The van der Waals surface area contributed by atoms with Crippen molar-refractivity contribution >= 4 is 29.2 Å². The van der Waals surface area contributed by atoms with Gasteiger partial charge in [-0.1, -0.05) is 29.3 Å². The zero-order valence-corrected chi connectivity index (χ0v) is 10.3. The molecular formula is C11H12Cl2N2O. The molecular weight excluding hydrogens is 247 g/mol. The van der Waals surface area contributed by atoms with Gasteiger partial charge in [0.05, 0.1) is 6.04 Å². The maximum absolute atomic E-state index is 11.5. The van der Waals surface area contributed by atoms with E-state index < -0.39 is 0 Å². The lowest BCUT2D eigenvalue weighted by Crippen LogP contribution is -2.27. The van der Waals surface area contributed by atoms with E-state index in [9.17, 15) is 4.79 Å². The highest BCUT2D eigenvalue weighted by atomic mass is 35.5. The molecule has 1 unspecified atom stereocenters. The van der Waals surface area contributed by atoms with Gasteiger partial charge in [0.1, 0.15) is 0 Å². The predicted octanol–water partition coefficient (Wildman–Crippen LogP) is 3.08. The largest absolute Gasteiger partial charge is 0.329 e. The lowest BCUT2D eigenvalue weighted by molar-refractivity contribution is 0.219. The molecule has 1 saturated heterocycles. The van der Waals surface area contributed by atoms with E-state index in [0.717, 1.165) is 5.56 Å². The van der Waals surface area contributed by atoms with Gasteiger partial charge in [0.15, 0.2) is 0 Å². The van der Waals surface area contributed by atoms with E-state index in [1.807, 2.05) is 13.0 Å². The molecule has 2 amide bonds. The first kappa shape index (κ1) is 11.6. The number of rotatable bonds is 2. The fourth-order valence-corrected chi connectivity index (χ4v) is 2.36. The highest BCUT2D eigenvalue weighted by Crippen LogP contribution is 2.29. The topological polar surface area (TPSA) is 32.3 Å². The Labute approximate surface area is 104 Å². The quantitative estimate of drug-likeness (QED) is 0.869. The van der Waals surface area contributed by atoms with Crippen molar-refractivity contribution in [3.8, 4) is 0 Å². The molecule has 0 aliphatic carbocycles. The second-order valence-electron chi connectivity index (χ2n) is 3.71. The normalized spacial score (nSPS) is 20.1. The second-order valence-corrected chi connectivity index (χ2v) is 4.55. The predicted molar refractivity (Wildman–Crippen MR) is 65.0 cm³/mol. The molecule has 5 heteroatoms. The minimum Gasteiger partial charge on any atom is -0.329 e. The molecule has 1 aromatic carbocycles. The van der Waals surface area contributed by atoms with Crippen LogP contribution >= 0.6 is 23.2 Å². The van der Waals surface area contributed by atoms with Crippen LogP contribution in [0, 0.1) is 0 Å². The molecule has 16 heavy (non-hydrogen) atoms. The summed E-state index contributed by atoms with van der Waals surface area (Å²) in [5, 5.41) is 4.09. The number of carbonyl (C=O) groups excluding carboxylic acids is 1. The highest BCUT2D eigenvalue weighted by Gasteiger charge is 2.29. The Bertz CT molecular complexity index is 422. The first-order valence-electron chi connectivity index (χ1n) is 5.12. The van der Waals surface area contributed by atoms with Gasteiger partial charge in [-0.25, -0.2) is 4.79 Å². The van der Waals surface area contributed by atoms with Crippen LogP contribution in [-0.4, -0.2) is 24.0 Å². The van der Waals surface area contributed by atoms with Crippen molar-refractivity contribution in [3.63, 3.8) is 0 Å². The molecule has 0 saturated carbocycles. The van der Waals surface area contributed by atoms with E-state index in [-0.39, 0.29) is 12.1 Å². The molecule has 1 atom stereocenters. The summed E-state index contributed by atoms with van der Waals surface area (Å²) in [5.41, 5.74) is 0.912. The van der Waals surface area contributed by atoms with E-state index in [4.69, 9.17) is 23.2 Å². The van der Waals surface area contributed by atoms with Crippen LogP contribution < -0.4 is 5.32 Å². The fraction of sp³-hybridized carbons (Fsp3) is 0.364. The molecule has 0 spiro atoms. The lowest BCUT2D eigenvalue weighted by atomic mass is 10.1. The Morgan fingerprint density at radius 1 is 1.50 bits per heavy atom. The van der Waals surface area contributed by atoms with Gasteiger partial charge in [0.25, 0.3) is 0 Å². The number of urea groups is 1. The first-order chi connectivity index (χ1) is 7.61. The van der Waals surface area contributed by atoms with Gasteiger partial charge in [-0.05, 0) is 24.6 Å². The molecule has 0 radical (unpaired) electrons. The lowest BCUT2D eigenvalue weighted by Gasteiger charge is -2.13. The number of hydrogen-bond acceptors (Lipinski definition) is 1. The third-order valence-corrected chi connectivity index (χ3v) is 3.27. The van der Waals surface area contributed by atoms with Crippen LogP contribution in [-0.2, 0) is 0 Å². The number of likely N-dealkylation sites (N-methyl/N-ethyl adjacent to an activating group) is 1. The molecule has 1 heterocycles. The maximum atomic E-state index is 11.5. The van der Waals surface area contributed by atoms with E-state index in [1.165, 1.54) is 0 Å². The van der Waals surface area contributed by atoms with Crippen molar-refractivity contribution in [2.45, 2.75) is 13.0 Å². The van der Waals surface area contributed by atoms with Crippen LogP contribution in [0.1, 0.15) is 18.5 Å². The summed E-state index contributed by atoms with van der Waals surface area (Å²) in [6, 6.07) is 5.24. The number of carbonyl (C=O) groups is 1. The number of nitrogens with zero attached hydrogens (tertiary/aromatic N) is 1. The molecule has 0 aromatic heterocycles. The van der Waals surface area contributed by atoms with E-state index in [2.05, 4.69) is 5.32 Å². The maximum Gasteiger partial charge on any atom is 0.318 e. The van der Waals surface area contributed by atoms with Crippen LogP contribution in [0.3, 0.4) is 0 Å². The van der Waals surface area contributed by atoms with Crippen molar-refractivity contribution in [2.24, 2.45) is 0 Å². The number of nitrogens with one attached hydrogen (secondary N) is 1. The molecule has 0 bridgehead atoms. The summed E-state index contributed by atoms with van der Waals surface area (Å²) >= 11 is 11.9. The molecule has 1 aliphatic rings. The van der Waals surface area contributed by atoms with Gasteiger partial charge in [0.2, 0.25) is 0 Å². The average Bonchev–Trinajstić information content (AvgIpc) is 2.59. The number of halogens is 2. The van der Waals surface area contributed by atoms with Crippen molar-refractivity contribution in [2.75, 3.05) is 13.1 Å². The third-order valence-electron chi connectivity index (χ3n) is 2.71. The van der Waals surface area contributed by atoms with Crippen molar-refractivity contribution in [1.82, 2.24) is 10.2 Å². The van der Waals surface area contributed by atoms with E-state index >= 15 is 0 Å². The molecule has 2 rings (SSSR count). The molecule has 1 aliphatic heterocycles. The van der Waals surface area contributed by atoms with Gasteiger partial charge >= 0.3 is 6.03 Å². The van der Waals surface area contributed by atoms with Crippen LogP contribution in [0.4, 0.5) is 4.79 Å². The standard InChI is InChI=1S/C11H12Cl2N2O/c1-2-15-6-10(14-11(15)16)8-4-3-7(12)5-9(8)13/h3-5,10H,2,6H2,1H3,(H,14,16). The molecule has 86 valence electrons.